The lowest BCUT2D eigenvalue weighted by atomic mass is 10.1. The summed E-state index contributed by atoms with van der Waals surface area (Å²) in [7, 11) is 1.37. The summed E-state index contributed by atoms with van der Waals surface area (Å²) >= 11 is 0. The number of ether oxygens (including phenoxy) is 2. The fourth-order valence-electron chi connectivity index (χ4n) is 2.49. The van der Waals surface area contributed by atoms with Crippen molar-refractivity contribution < 1.29 is 19.1 Å². The molecule has 2 aliphatic heterocycles. The van der Waals surface area contributed by atoms with Crippen LogP contribution in [0.15, 0.2) is 0 Å². The molecule has 0 radical (unpaired) electrons. The topological polar surface area (TPSA) is 55.8 Å². The van der Waals surface area contributed by atoms with Crippen molar-refractivity contribution in [2.24, 2.45) is 0 Å². The first-order valence-electron chi connectivity index (χ1n) is 5.70. The Morgan fingerprint density at radius 2 is 2.06 bits per heavy atom. The van der Waals surface area contributed by atoms with Crippen LogP contribution in [-0.4, -0.2) is 49.2 Å². The van der Waals surface area contributed by atoms with E-state index in [0.717, 1.165) is 12.8 Å². The summed E-state index contributed by atoms with van der Waals surface area (Å²) < 4.78 is 10.0. The molecular formula is C11H17NO4. The molecule has 0 N–H and O–H groups in total. The molecule has 0 spiro atoms. The highest BCUT2D eigenvalue weighted by Crippen LogP contribution is 2.26. The minimum atomic E-state index is -0.374. The molecule has 1 atom stereocenters. The van der Waals surface area contributed by atoms with E-state index in [1.807, 2.05) is 0 Å². The molecule has 2 saturated heterocycles. The number of esters is 1. The second kappa shape index (κ2) is 4.82. The van der Waals surface area contributed by atoms with Gasteiger partial charge in [-0.1, -0.05) is 0 Å². The molecule has 16 heavy (non-hydrogen) atoms. The van der Waals surface area contributed by atoms with E-state index >= 15 is 0 Å². The molecular weight excluding hydrogens is 210 g/mol. The molecule has 0 aliphatic carbocycles. The predicted molar refractivity (Wildman–Crippen MR) is 55.7 cm³/mol. The largest absolute Gasteiger partial charge is 0.467 e. The monoisotopic (exact) mass is 227 g/mol. The zero-order chi connectivity index (χ0) is 11.5. The summed E-state index contributed by atoms with van der Waals surface area (Å²) in [4.78, 5) is 25.1. The maximum absolute atomic E-state index is 11.8. The Hall–Kier alpha value is -1.10. The van der Waals surface area contributed by atoms with Gasteiger partial charge in [0.15, 0.2) is 0 Å². The quantitative estimate of drug-likeness (QED) is 0.638. The number of hydrogen-bond donors (Lipinski definition) is 0. The van der Waals surface area contributed by atoms with Gasteiger partial charge >= 0.3 is 5.97 Å². The summed E-state index contributed by atoms with van der Waals surface area (Å²) in [6, 6.07) is -0.228. The minimum absolute atomic E-state index is 0.0716. The van der Waals surface area contributed by atoms with Gasteiger partial charge in [-0.3, -0.25) is 4.79 Å². The van der Waals surface area contributed by atoms with Gasteiger partial charge in [0.2, 0.25) is 5.91 Å². The van der Waals surface area contributed by atoms with E-state index in [-0.39, 0.29) is 24.0 Å². The predicted octanol–water partition coefficient (Wildman–Crippen LogP) is 0.329. The average Bonchev–Trinajstić information content (AvgIpc) is 2.71. The average molecular weight is 227 g/mol. The van der Waals surface area contributed by atoms with E-state index in [1.54, 1.807) is 4.90 Å². The number of likely N-dealkylation sites (tertiary alicyclic amines) is 1. The highest BCUT2D eigenvalue weighted by Gasteiger charge is 2.41. The van der Waals surface area contributed by atoms with Gasteiger partial charge in [0.05, 0.1) is 7.11 Å². The lowest BCUT2D eigenvalue weighted by Crippen LogP contribution is -2.48. The zero-order valence-corrected chi connectivity index (χ0v) is 9.48. The van der Waals surface area contributed by atoms with E-state index in [1.165, 1.54) is 7.11 Å². The van der Waals surface area contributed by atoms with Crippen LogP contribution in [-0.2, 0) is 19.1 Å². The SMILES string of the molecule is COC(=O)C1CCC(=O)N1C1CCOCC1. The Labute approximate surface area is 94.7 Å². The Morgan fingerprint density at radius 1 is 1.38 bits per heavy atom. The van der Waals surface area contributed by atoms with Crippen molar-refractivity contribution in [3.8, 4) is 0 Å². The molecule has 0 aromatic rings. The highest BCUT2D eigenvalue weighted by atomic mass is 16.5. The van der Waals surface area contributed by atoms with Gasteiger partial charge in [-0.05, 0) is 19.3 Å². The number of amides is 1. The van der Waals surface area contributed by atoms with Crippen LogP contribution < -0.4 is 0 Å². The third-order valence-corrected chi connectivity index (χ3v) is 3.31. The number of carbonyl (C=O) groups is 2. The minimum Gasteiger partial charge on any atom is -0.467 e. The lowest BCUT2D eigenvalue weighted by Gasteiger charge is -2.34. The number of rotatable bonds is 2. The normalized spacial score (nSPS) is 27.2. The number of nitrogens with zero attached hydrogens (tertiary/aromatic N) is 1. The second-order valence-corrected chi connectivity index (χ2v) is 4.22. The Kier molecular flexibility index (Phi) is 3.43. The molecule has 5 nitrogen and oxygen atoms in total. The second-order valence-electron chi connectivity index (χ2n) is 4.22. The molecule has 5 heteroatoms. The maximum atomic E-state index is 11.8. The van der Waals surface area contributed by atoms with Gasteiger partial charge in [0, 0.05) is 25.7 Å². The van der Waals surface area contributed by atoms with Crippen LogP contribution in [0.2, 0.25) is 0 Å². The van der Waals surface area contributed by atoms with E-state index in [9.17, 15) is 9.59 Å². The summed E-state index contributed by atoms with van der Waals surface area (Å²) in [6.07, 6.45) is 2.68. The molecule has 1 amide bonds. The van der Waals surface area contributed by atoms with Crippen LogP contribution in [0.5, 0.6) is 0 Å². The van der Waals surface area contributed by atoms with Crippen molar-refractivity contribution in [1.29, 1.82) is 0 Å². The Morgan fingerprint density at radius 3 is 2.69 bits per heavy atom. The smallest absolute Gasteiger partial charge is 0.328 e. The third kappa shape index (κ3) is 2.04. The van der Waals surface area contributed by atoms with Crippen molar-refractivity contribution in [1.82, 2.24) is 4.90 Å². The van der Waals surface area contributed by atoms with Crippen LogP contribution in [0.1, 0.15) is 25.7 Å². The summed E-state index contributed by atoms with van der Waals surface area (Å²) in [5.41, 5.74) is 0. The van der Waals surface area contributed by atoms with Gasteiger partial charge in [-0.2, -0.15) is 0 Å². The molecule has 0 aromatic heterocycles. The molecule has 0 saturated carbocycles. The van der Waals surface area contributed by atoms with Crippen molar-refractivity contribution in [2.45, 2.75) is 37.8 Å². The summed E-state index contributed by atoms with van der Waals surface area (Å²) in [5, 5.41) is 0. The van der Waals surface area contributed by atoms with Crippen LogP contribution in [0.4, 0.5) is 0 Å². The molecule has 90 valence electrons. The fraction of sp³-hybridized carbons (Fsp3) is 0.818. The van der Waals surface area contributed by atoms with Gasteiger partial charge in [0.25, 0.3) is 0 Å². The van der Waals surface area contributed by atoms with Crippen LogP contribution in [0, 0.1) is 0 Å². The molecule has 0 bridgehead atoms. The number of hydrogen-bond acceptors (Lipinski definition) is 4. The van der Waals surface area contributed by atoms with Crippen LogP contribution in [0.3, 0.4) is 0 Å². The van der Waals surface area contributed by atoms with Gasteiger partial charge in [-0.25, -0.2) is 4.79 Å². The van der Waals surface area contributed by atoms with Crippen LogP contribution >= 0.6 is 0 Å². The third-order valence-electron chi connectivity index (χ3n) is 3.31. The van der Waals surface area contributed by atoms with Crippen molar-refractivity contribution >= 4 is 11.9 Å². The first kappa shape index (κ1) is 11.4. The lowest BCUT2D eigenvalue weighted by molar-refractivity contribution is -0.152. The van der Waals surface area contributed by atoms with Gasteiger partial charge in [0.1, 0.15) is 6.04 Å². The Balaban J connectivity index is 2.08. The number of methoxy groups -OCH3 is 1. The molecule has 2 aliphatic rings. The maximum Gasteiger partial charge on any atom is 0.328 e. The van der Waals surface area contributed by atoms with E-state index in [0.29, 0.717) is 26.1 Å². The number of carbonyl (C=O) groups excluding carboxylic acids is 2. The summed E-state index contributed by atoms with van der Waals surface area (Å²) in [5.74, 6) is -0.223. The van der Waals surface area contributed by atoms with Crippen molar-refractivity contribution in [3.63, 3.8) is 0 Å². The fourth-order valence-corrected chi connectivity index (χ4v) is 2.49. The first-order chi connectivity index (χ1) is 7.74. The summed E-state index contributed by atoms with van der Waals surface area (Å²) in [6.45, 7) is 1.34. The van der Waals surface area contributed by atoms with Crippen molar-refractivity contribution in [3.05, 3.63) is 0 Å². The standard InChI is InChI=1S/C11H17NO4/c1-15-11(14)9-2-3-10(13)12(9)8-4-6-16-7-5-8/h8-9H,2-7H2,1H3. The van der Waals surface area contributed by atoms with E-state index < -0.39 is 0 Å². The van der Waals surface area contributed by atoms with Gasteiger partial charge in [-0.15, -0.1) is 0 Å². The highest BCUT2D eigenvalue weighted by molar-refractivity contribution is 5.88. The van der Waals surface area contributed by atoms with Crippen molar-refractivity contribution in [2.75, 3.05) is 20.3 Å². The molecule has 0 aromatic carbocycles. The van der Waals surface area contributed by atoms with Crippen LogP contribution in [0.25, 0.3) is 0 Å². The zero-order valence-electron chi connectivity index (χ0n) is 9.48. The molecule has 2 heterocycles. The van der Waals surface area contributed by atoms with E-state index in [4.69, 9.17) is 9.47 Å². The molecule has 1 unspecified atom stereocenters. The van der Waals surface area contributed by atoms with E-state index in [2.05, 4.69) is 0 Å². The van der Waals surface area contributed by atoms with Gasteiger partial charge < -0.3 is 14.4 Å². The molecule has 2 rings (SSSR count). The molecule has 2 fully saturated rings. The Bertz CT molecular complexity index is 286. The first-order valence-corrected chi connectivity index (χ1v) is 5.70.